The highest BCUT2D eigenvalue weighted by atomic mass is 32.1. The molecule has 7 heteroatoms. The van der Waals surface area contributed by atoms with Crippen molar-refractivity contribution in [1.29, 1.82) is 0 Å². The second kappa shape index (κ2) is 7.57. The third-order valence-electron chi connectivity index (χ3n) is 4.41. The van der Waals surface area contributed by atoms with Crippen LogP contribution in [0.15, 0.2) is 40.2 Å². The number of hydrogen-bond acceptors (Lipinski definition) is 7. The maximum atomic E-state index is 6.04. The average molecular weight is 371 g/mol. The van der Waals surface area contributed by atoms with E-state index in [1.165, 1.54) is 10.4 Å². The van der Waals surface area contributed by atoms with Crippen molar-refractivity contribution in [3.05, 3.63) is 52.0 Å². The van der Waals surface area contributed by atoms with Gasteiger partial charge >= 0.3 is 0 Å². The molecule has 4 rings (SSSR count). The van der Waals surface area contributed by atoms with E-state index in [9.17, 15) is 0 Å². The van der Waals surface area contributed by atoms with Gasteiger partial charge in [-0.3, -0.25) is 4.90 Å². The van der Waals surface area contributed by atoms with Crippen LogP contribution >= 0.6 is 11.3 Å². The predicted octanol–water partition coefficient (Wildman–Crippen LogP) is 3.52. The Morgan fingerprint density at radius 1 is 1.23 bits per heavy atom. The van der Waals surface area contributed by atoms with E-state index in [4.69, 9.17) is 14.0 Å². The van der Waals surface area contributed by atoms with E-state index in [1.54, 1.807) is 7.11 Å². The molecule has 136 valence electrons. The molecule has 6 nitrogen and oxygen atoms in total. The Morgan fingerprint density at radius 2 is 2.04 bits per heavy atom. The van der Waals surface area contributed by atoms with Gasteiger partial charge in [-0.25, -0.2) is 0 Å². The Hall–Kier alpha value is -2.22. The molecular weight excluding hydrogens is 350 g/mol. The smallest absolute Gasteiger partial charge is 0.252 e. The lowest BCUT2D eigenvalue weighted by Gasteiger charge is -2.38. The van der Waals surface area contributed by atoms with E-state index in [1.807, 2.05) is 35.6 Å². The summed E-state index contributed by atoms with van der Waals surface area (Å²) in [5, 5.41) is 6.12. The molecule has 0 atom stereocenters. The van der Waals surface area contributed by atoms with Gasteiger partial charge in [0.15, 0.2) is 0 Å². The number of nitrogens with zero attached hydrogens (tertiary/aromatic N) is 3. The molecule has 0 bridgehead atoms. The molecule has 1 aliphatic heterocycles. The summed E-state index contributed by atoms with van der Waals surface area (Å²) in [6.07, 6.45) is 0.250. The van der Waals surface area contributed by atoms with Gasteiger partial charge in [-0.2, -0.15) is 4.98 Å². The fraction of sp³-hybridized carbons (Fsp3) is 0.368. The van der Waals surface area contributed by atoms with Crippen molar-refractivity contribution < 1.29 is 14.0 Å². The fourth-order valence-corrected chi connectivity index (χ4v) is 3.87. The van der Waals surface area contributed by atoms with Crippen molar-refractivity contribution in [3.63, 3.8) is 0 Å². The number of methoxy groups -OCH3 is 1. The highest BCUT2D eigenvalue weighted by Gasteiger charge is 2.28. The normalized spacial score (nSPS) is 15.2. The highest BCUT2D eigenvalue weighted by molar-refractivity contribution is 7.10. The molecule has 0 saturated carbocycles. The average Bonchev–Trinajstić information content (AvgIpc) is 3.23. The molecule has 2 aromatic heterocycles. The molecule has 1 aliphatic rings. The van der Waals surface area contributed by atoms with Crippen LogP contribution in [0, 0.1) is 6.92 Å². The minimum Gasteiger partial charge on any atom is -0.488 e. The van der Waals surface area contributed by atoms with Crippen molar-refractivity contribution in [2.45, 2.75) is 26.2 Å². The molecule has 1 aromatic carbocycles. The van der Waals surface area contributed by atoms with Crippen LogP contribution in [0.1, 0.15) is 16.3 Å². The van der Waals surface area contributed by atoms with E-state index in [0.717, 1.165) is 30.9 Å². The molecule has 3 heterocycles. The number of benzene rings is 1. The van der Waals surface area contributed by atoms with E-state index in [-0.39, 0.29) is 6.10 Å². The van der Waals surface area contributed by atoms with Gasteiger partial charge in [-0.05, 0) is 48.2 Å². The molecule has 1 saturated heterocycles. The Balaban J connectivity index is 1.29. The summed E-state index contributed by atoms with van der Waals surface area (Å²) in [7, 11) is 1.60. The number of likely N-dealkylation sites (tertiary alicyclic amines) is 1. The first-order valence-electron chi connectivity index (χ1n) is 8.55. The predicted molar refractivity (Wildman–Crippen MR) is 99.2 cm³/mol. The first-order chi connectivity index (χ1) is 12.7. The van der Waals surface area contributed by atoms with Gasteiger partial charge in [0.1, 0.15) is 18.5 Å². The standard InChI is InChI=1S/C19H21N3O3S/c1-13-7-8-26-17(13)11-22-9-16(10-22)24-15-5-3-14(4-6-15)19-20-18(12-23-2)25-21-19/h3-8,16H,9-12H2,1-2H3. The Kier molecular flexibility index (Phi) is 5.01. The van der Waals surface area contributed by atoms with Crippen molar-refractivity contribution in [3.8, 4) is 17.1 Å². The fourth-order valence-electron chi connectivity index (χ4n) is 2.92. The van der Waals surface area contributed by atoms with Gasteiger partial charge in [0.05, 0.1) is 0 Å². The zero-order valence-corrected chi connectivity index (χ0v) is 15.7. The van der Waals surface area contributed by atoms with Gasteiger partial charge < -0.3 is 14.0 Å². The van der Waals surface area contributed by atoms with Crippen molar-refractivity contribution in [1.82, 2.24) is 15.0 Å². The molecule has 0 spiro atoms. The summed E-state index contributed by atoms with van der Waals surface area (Å²) in [6, 6.07) is 9.98. The lowest BCUT2D eigenvalue weighted by atomic mass is 10.1. The van der Waals surface area contributed by atoms with Crippen molar-refractivity contribution >= 4 is 11.3 Å². The van der Waals surface area contributed by atoms with E-state index >= 15 is 0 Å². The molecule has 1 fully saturated rings. The van der Waals surface area contributed by atoms with Crippen molar-refractivity contribution in [2.24, 2.45) is 0 Å². The van der Waals surface area contributed by atoms with Crippen LogP contribution in [-0.4, -0.2) is 41.3 Å². The van der Waals surface area contributed by atoms with Crippen LogP contribution in [0.5, 0.6) is 5.75 Å². The molecule has 0 aliphatic carbocycles. The number of aryl methyl sites for hydroxylation is 1. The maximum absolute atomic E-state index is 6.04. The third kappa shape index (κ3) is 3.80. The zero-order valence-electron chi connectivity index (χ0n) is 14.8. The number of hydrogen-bond donors (Lipinski definition) is 0. The largest absolute Gasteiger partial charge is 0.488 e. The molecule has 0 N–H and O–H groups in total. The molecular formula is C19H21N3O3S. The molecule has 3 aromatic rings. The Morgan fingerprint density at radius 3 is 2.73 bits per heavy atom. The SMILES string of the molecule is COCc1nc(-c2ccc(OC3CN(Cc4sccc4C)C3)cc2)no1. The van der Waals surface area contributed by atoms with Crippen molar-refractivity contribution in [2.75, 3.05) is 20.2 Å². The van der Waals surface area contributed by atoms with Gasteiger partial charge in [-0.1, -0.05) is 5.16 Å². The minimum absolute atomic E-state index is 0.250. The summed E-state index contributed by atoms with van der Waals surface area (Å²) < 4.78 is 16.2. The van der Waals surface area contributed by atoms with Gasteiger partial charge in [0.2, 0.25) is 5.82 Å². The van der Waals surface area contributed by atoms with E-state index in [0.29, 0.717) is 18.3 Å². The highest BCUT2D eigenvalue weighted by Crippen LogP contribution is 2.25. The molecule has 0 radical (unpaired) electrons. The Labute approximate surface area is 156 Å². The maximum Gasteiger partial charge on any atom is 0.252 e. The summed E-state index contributed by atoms with van der Waals surface area (Å²) >= 11 is 1.83. The van der Waals surface area contributed by atoms with Gasteiger partial charge in [-0.15, -0.1) is 11.3 Å². The van der Waals surface area contributed by atoms with E-state index < -0.39 is 0 Å². The summed E-state index contributed by atoms with van der Waals surface area (Å²) in [5.74, 6) is 1.90. The number of thiophene rings is 1. The molecule has 0 amide bonds. The lowest BCUT2D eigenvalue weighted by Crippen LogP contribution is -2.53. The summed E-state index contributed by atoms with van der Waals surface area (Å²) in [5.41, 5.74) is 2.27. The monoisotopic (exact) mass is 371 g/mol. The number of aromatic nitrogens is 2. The minimum atomic E-state index is 0.250. The zero-order chi connectivity index (χ0) is 17.9. The number of ether oxygens (including phenoxy) is 2. The lowest BCUT2D eigenvalue weighted by molar-refractivity contribution is 0.0151. The third-order valence-corrected chi connectivity index (χ3v) is 5.42. The molecule has 0 unspecified atom stereocenters. The summed E-state index contributed by atoms with van der Waals surface area (Å²) in [4.78, 5) is 8.15. The van der Waals surface area contributed by atoms with Gasteiger partial charge in [0.25, 0.3) is 5.89 Å². The summed E-state index contributed by atoms with van der Waals surface area (Å²) in [6.45, 7) is 5.43. The first kappa shape index (κ1) is 17.2. The van der Waals surface area contributed by atoms with Crippen LogP contribution in [-0.2, 0) is 17.9 Å². The van der Waals surface area contributed by atoms with Crippen LogP contribution in [0.25, 0.3) is 11.4 Å². The van der Waals surface area contributed by atoms with E-state index in [2.05, 4.69) is 33.4 Å². The van der Waals surface area contributed by atoms with Crippen LogP contribution < -0.4 is 4.74 Å². The van der Waals surface area contributed by atoms with Crippen LogP contribution in [0.2, 0.25) is 0 Å². The Bertz CT molecular complexity index is 853. The quantitative estimate of drug-likeness (QED) is 0.633. The second-order valence-corrected chi connectivity index (χ2v) is 7.43. The van der Waals surface area contributed by atoms with Crippen LogP contribution in [0.4, 0.5) is 0 Å². The first-order valence-corrected chi connectivity index (χ1v) is 9.43. The molecule has 26 heavy (non-hydrogen) atoms. The topological polar surface area (TPSA) is 60.6 Å². The second-order valence-electron chi connectivity index (χ2n) is 6.43. The van der Waals surface area contributed by atoms with Crippen LogP contribution in [0.3, 0.4) is 0 Å². The number of rotatable bonds is 7. The van der Waals surface area contributed by atoms with Gasteiger partial charge in [0, 0.05) is 37.2 Å².